The molecule has 0 spiro atoms. The van der Waals surface area contributed by atoms with Gasteiger partial charge in [-0.25, -0.2) is 4.98 Å². The van der Waals surface area contributed by atoms with Crippen molar-refractivity contribution in [2.24, 2.45) is 0 Å². The van der Waals surface area contributed by atoms with Crippen LogP contribution in [0.15, 0.2) is 48.5 Å². The van der Waals surface area contributed by atoms with Crippen LogP contribution in [0.1, 0.15) is 48.8 Å². The fraction of sp³-hybridized carbons (Fsp3) is 0.400. The second kappa shape index (κ2) is 8.24. The normalized spacial score (nSPS) is 21.2. The third-order valence-electron chi connectivity index (χ3n) is 6.87. The van der Waals surface area contributed by atoms with Crippen LogP contribution in [0.3, 0.4) is 0 Å². The second-order valence-corrected chi connectivity index (χ2v) is 9.51. The van der Waals surface area contributed by atoms with E-state index in [1.807, 2.05) is 60.0 Å². The van der Waals surface area contributed by atoms with Crippen molar-refractivity contribution in [2.45, 2.75) is 57.2 Å². The van der Waals surface area contributed by atoms with E-state index in [2.05, 4.69) is 10.3 Å². The maximum absolute atomic E-state index is 13.7. The number of carbonyl (C=O) groups is 2. The van der Waals surface area contributed by atoms with Crippen LogP contribution in [0.2, 0.25) is 5.02 Å². The van der Waals surface area contributed by atoms with Crippen molar-refractivity contribution >= 4 is 34.4 Å². The van der Waals surface area contributed by atoms with Crippen LogP contribution in [-0.4, -0.2) is 44.4 Å². The number of aromatic nitrogens is 2. The molecule has 1 N–H and O–H groups in total. The van der Waals surface area contributed by atoms with E-state index in [0.29, 0.717) is 30.4 Å². The Morgan fingerprint density at radius 3 is 2.62 bits per heavy atom. The van der Waals surface area contributed by atoms with E-state index >= 15 is 0 Å². The van der Waals surface area contributed by atoms with Crippen molar-refractivity contribution in [3.05, 3.63) is 64.9 Å². The topological polar surface area (TPSA) is 67.2 Å². The van der Waals surface area contributed by atoms with Crippen molar-refractivity contribution in [2.75, 3.05) is 6.54 Å². The summed E-state index contributed by atoms with van der Waals surface area (Å²) >= 11 is 6.02. The number of rotatable bonds is 5. The number of nitrogens with one attached hydrogen (secondary N) is 1. The summed E-state index contributed by atoms with van der Waals surface area (Å²) in [5.74, 6) is 0.108. The predicted octanol–water partition coefficient (Wildman–Crippen LogP) is 4.21. The van der Waals surface area contributed by atoms with Crippen LogP contribution in [0.5, 0.6) is 0 Å². The molecule has 2 amide bonds. The summed E-state index contributed by atoms with van der Waals surface area (Å²) in [5.41, 5.74) is 1.73. The Bertz CT molecular complexity index is 1170. The number of amides is 2. The van der Waals surface area contributed by atoms with Gasteiger partial charge in [-0.1, -0.05) is 48.7 Å². The summed E-state index contributed by atoms with van der Waals surface area (Å²) in [6.45, 7) is 2.70. The first-order valence-electron chi connectivity index (χ1n) is 11.3. The van der Waals surface area contributed by atoms with Gasteiger partial charge in [-0.2, -0.15) is 0 Å². The van der Waals surface area contributed by atoms with Crippen molar-refractivity contribution in [1.82, 2.24) is 19.8 Å². The molecule has 6 nitrogen and oxygen atoms in total. The molecule has 1 atom stereocenters. The van der Waals surface area contributed by atoms with Crippen LogP contribution in [0, 0.1) is 0 Å². The smallest absolute Gasteiger partial charge is 0.290 e. The number of halogens is 1. The molecule has 166 valence electrons. The molecule has 0 saturated heterocycles. The largest absolute Gasteiger partial charge is 0.351 e. The molecule has 2 heterocycles. The number of carbonyl (C=O) groups excluding carboxylic acids is 2. The molecule has 1 aromatic heterocycles. The van der Waals surface area contributed by atoms with Gasteiger partial charge in [0.2, 0.25) is 5.91 Å². The van der Waals surface area contributed by atoms with Gasteiger partial charge < -0.3 is 14.8 Å². The highest BCUT2D eigenvalue weighted by Crippen LogP contribution is 2.31. The molecule has 1 aliphatic carbocycles. The summed E-state index contributed by atoms with van der Waals surface area (Å²) < 4.78 is 1.91. The summed E-state index contributed by atoms with van der Waals surface area (Å²) in [7, 11) is 0. The maximum atomic E-state index is 13.7. The summed E-state index contributed by atoms with van der Waals surface area (Å²) in [6.07, 6.45) is 4.91. The highest BCUT2D eigenvalue weighted by Gasteiger charge is 2.48. The molecule has 2 aromatic carbocycles. The van der Waals surface area contributed by atoms with Gasteiger partial charge in [-0.3, -0.25) is 9.59 Å². The molecule has 3 aromatic rings. The van der Waals surface area contributed by atoms with Gasteiger partial charge in [0, 0.05) is 17.6 Å². The molecule has 32 heavy (non-hydrogen) atoms. The number of fused-ring (bicyclic) bond motifs is 3. The Hall–Kier alpha value is -2.86. The molecule has 7 heteroatoms. The molecule has 0 bridgehead atoms. The Morgan fingerprint density at radius 2 is 1.88 bits per heavy atom. The summed E-state index contributed by atoms with van der Waals surface area (Å²) in [4.78, 5) is 33.6. The van der Waals surface area contributed by atoms with Crippen molar-refractivity contribution in [3.63, 3.8) is 0 Å². The summed E-state index contributed by atoms with van der Waals surface area (Å²) in [6, 6.07) is 15.5. The zero-order valence-corrected chi connectivity index (χ0v) is 18.9. The minimum absolute atomic E-state index is 0.0858. The molecule has 1 aliphatic heterocycles. The van der Waals surface area contributed by atoms with Gasteiger partial charge in [-0.15, -0.1) is 0 Å². The number of hydrogen-bond acceptors (Lipinski definition) is 3. The lowest BCUT2D eigenvalue weighted by molar-refractivity contribution is -0.133. The highest BCUT2D eigenvalue weighted by molar-refractivity contribution is 6.30. The fourth-order valence-electron chi connectivity index (χ4n) is 4.98. The molecule has 5 rings (SSSR count). The number of imidazole rings is 1. The van der Waals surface area contributed by atoms with E-state index in [-0.39, 0.29) is 17.9 Å². The Kier molecular flexibility index (Phi) is 5.41. The number of para-hydroxylation sites is 2. The minimum atomic E-state index is -0.997. The lowest BCUT2D eigenvalue weighted by Gasteiger charge is -2.44. The van der Waals surface area contributed by atoms with E-state index in [1.165, 1.54) is 0 Å². The SMILES string of the molecule is C[C@]1(C(=O)NC2CCCC2)Cn2c(nc3ccccc32)C(=O)N1CCc1ccc(Cl)cc1. The Morgan fingerprint density at radius 1 is 1.16 bits per heavy atom. The first kappa shape index (κ1) is 21.0. The van der Waals surface area contributed by atoms with Gasteiger partial charge in [-0.05, 0) is 56.0 Å². The van der Waals surface area contributed by atoms with E-state index in [0.717, 1.165) is 42.3 Å². The van der Waals surface area contributed by atoms with E-state index < -0.39 is 5.54 Å². The van der Waals surface area contributed by atoms with Gasteiger partial charge in [0.05, 0.1) is 17.6 Å². The third-order valence-corrected chi connectivity index (χ3v) is 7.12. The van der Waals surface area contributed by atoms with E-state index in [1.54, 1.807) is 4.90 Å². The Labute approximate surface area is 192 Å². The molecule has 1 fully saturated rings. The average Bonchev–Trinajstić information content (AvgIpc) is 3.43. The first-order chi connectivity index (χ1) is 15.5. The van der Waals surface area contributed by atoms with Crippen LogP contribution in [-0.2, 0) is 17.8 Å². The van der Waals surface area contributed by atoms with E-state index in [4.69, 9.17) is 11.6 Å². The van der Waals surface area contributed by atoms with Gasteiger partial charge in [0.15, 0.2) is 5.82 Å². The number of benzene rings is 2. The highest BCUT2D eigenvalue weighted by atomic mass is 35.5. The molecule has 2 aliphatic rings. The van der Waals surface area contributed by atoms with Gasteiger partial charge in [0.1, 0.15) is 5.54 Å². The van der Waals surface area contributed by atoms with Gasteiger partial charge >= 0.3 is 0 Å². The average molecular weight is 451 g/mol. The molecule has 0 unspecified atom stereocenters. The van der Waals surface area contributed by atoms with Crippen molar-refractivity contribution < 1.29 is 9.59 Å². The van der Waals surface area contributed by atoms with Crippen LogP contribution < -0.4 is 5.32 Å². The minimum Gasteiger partial charge on any atom is -0.351 e. The van der Waals surface area contributed by atoms with Crippen molar-refractivity contribution in [3.8, 4) is 0 Å². The lowest BCUT2D eigenvalue weighted by atomic mass is 9.93. The standard InChI is InChI=1S/C25H27ClN4O2/c1-25(24(32)27-19-6-2-3-7-19)16-29-21-9-5-4-8-20(21)28-22(29)23(31)30(25)15-14-17-10-12-18(26)13-11-17/h4-5,8-13,19H,2-3,6-7,14-16H2,1H3,(H,27,32)/t25-/m1/s1. The number of hydrogen-bond donors (Lipinski definition) is 1. The van der Waals surface area contributed by atoms with Crippen LogP contribution in [0.4, 0.5) is 0 Å². The predicted molar refractivity (Wildman–Crippen MR) is 125 cm³/mol. The monoisotopic (exact) mass is 450 g/mol. The van der Waals surface area contributed by atoms with Crippen LogP contribution >= 0.6 is 11.6 Å². The maximum Gasteiger partial charge on any atom is 0.290 e. The van der Waals surface area contributed by atoms with Crippen LogP contribution in [0.25, 0.3) is 11.0 Å². The molecular formula is C25H27ClN4O2. The number of nitrogens with zero attached hydrogens (tertiary/aromatic N) is 3. The quantitative estimate of drug-likeness (QED) is 0.633. The molecule has 1 saturated carbocycles. The zero-order chi connectivity index (χ0) is 22.3. The molecular weight excluding hydrogens is 424 g/mol. The second-order valence-electron chi connectivity index (χ2n) is 9.07. The zero-order valence-electron chi connectivity index (χ0n) is 18.2. The van der Waals surface area contributed by atoms with Crippen molar-refractivity contribution in [1.29, 1.82) is 0 Å². The van der Waals surface area contributed by atoms with E-state index in [9.17, 15) is 9.59 Å². The first-order valence-corrected chi connectivity index (χ1v) is 11.7. The lowest BCUT2D eigenvalue weighted by Crippen LogP contribution is -2.65. The summed E-state index contributed by atoms with van der Waals surface area (Å²) in [5, 5.41) is 3.91. The molecule has 0 radical (unpaired) electrons. The fourth-order valence-corrected chi connectivity index (χ4v) is 5.11. The third kappa shape index (κ3) is 3.66. The Balaban J connectivity index is 1.50. The van der Waals surface area contributed by atoms with Gasteiger partial charge in [0.25, 0.3) is 5.91 Å².